The van der Waals surface area contributed by atoms with Crippen LogP contribution in [0.15, 0.2) is 30.3 Å². The van der Waals surface area contributed by atoms with Crippen LogP contribution in [-0.4, -0.2) is 28.9 Å². The molecule has 1 amide bonds. The second-order valence-electron chi connectivity index (χ2n) is 5.11. The Bertz CT molecular complexity index is 606. The Morgan fingerprint density at radius 2 is 2.10 bits per heavy atom. The summed E-state index contributed by atoms with van der Waals surface area (Å²) in [5.74, 6) is 0.293. The van der Waals surface area contributed by atoms with E-state index in [2.05, 4.69) is 19.1 Å². The molecule has 1 saturated heterocycles. The van der Waals surface area contributed by atoms with E-state index in [0.29, 0.717) is 12.3 Å². The summed E-state index contributed by atoms with van der Waals surface area (Å²) in [5, 5.41) is 1.13. The lowest BCUT2D eigenvalue weighted by Crippen LogP contribution is -2.26. The van der Waals surface area contributed by atoms with Gasteiger partial charge in [0, 0.05) is 36.4 Å². The number of thiazole rings is 1. The largest absolute Gasteiger partial charge is 0.342 e. The van der Waals surface area contributed by atoms with Crippen molar-refractivity contribution in [3.63, 3.8) is 0 Å². The lowest BCUT2D eigenvalue weighted by atomic mass is 10.1. The van der Waals surface area contributed by atoms with Gasteiger partial charge in [0.25, 0.3) is 0 Å². The van der Waals surface area contributed by atoms with Gasteiger partial charge in [0.15, 0.2) is 0 Å². The van der Waals surface area contributed by atoms with Crippen molar-refractivity contribution in [1.82, 2.24) is 9.88 Å². The van der Waals surface area contributed by atoms with Crippen LogP contribution in [-0.2, 0) is 11.2 Å². The van der Waals surface area contributed by atoms with Gasteiger partial charge in [-0.2, -0.15) is 0 Å². The zero-order chi connectivity index (χ0) is 13.9. The third kappa shape index (κ3) is 2.75. The molecule has 3 nitrogen and oxygen atoms in total. The molecule has 1 aromatic heterocycles. The Kier molecular flexibility index (Phi) is 3.83. The van der Waals surface area contributed by atoms with Crippen LogP contribution in [0.25, 0.3) is 11.3 Å². The van der Waals surface area contributed by atoms with Gasteiger partial charge in [-0.05, 0) is 13.3 Å². The van der Waals surface area contributed by atoms with E-state index in [1.165, 1.54) is 10.4 Å². The SMILES string of the molecule is Cc1sc(CCN2CCCC2=O)nc1-c1ccccc1. The molecule has 20 heavy (non-hydrogen) atoms. The van der Waals surface area contributed by atoms with Gasteiger partial charge < -0.3 is 4.90 Å². The molecule has 1 aliphatic rings. The van der Waals surface area contributed by atoms with Gasteiger partial charge in [0.05, 0.1) is 10.7 Å². The van der Waals surface area contributed by atoms with Crippen molar-refractivity contribution in [2.24, 2.45) is 0 Å². The first kappa shape index (κ1) is 13.3. The summed E-state index contributed by atoms with van der Waals surface area (Å²) in [5.41, 5.74) is 2.25. The molecule has 4 heteroatoms. The topological polar surface area (TPSA) is 33.2 Å². The van der Waals surface area contributed by atoms with E-state index in [1.54, 1.807) is 11.3 Å². The average Bonchev–Trinajstić information content (AvgIpc) is 3.03. The first-order valence-corrected chi connectivity index (χ1v) is 7.85. The number of rotatable bonds is 4. The van der Waals surface area contributed by atoms with E-state index in [4.69, 9.17) is 4.98 Å². The Labute approximate surface area is 123 Å². The molecule has 1 aliphatic heterocycles. The van der Waals surface area contributed by atoms with Crippen LogP contribution in [0.4, 0.5) is 0 Å². The minimum Gasteiger partial charge on any atom is -0.342 e. The molecule has 1 aromatic carbocycles. The molecule has 1 fully saturated rings. The molecular weight excluding hydrogens is 268 g/mol. The third-order valence-electron chi connectivity index (χ3n) is 3.66. The summed E-state index contributed by atoms with van der Waals surface area (Å²) in [6, 6.07) is 10.3. The number of amides is 1. The van der Waals surface area contributed by atoms with Crippen LogP contribution in [0.3, 0.4) is 0 Å². The summed E-state index contributed by atoms with van der Waals surface area (Å²) >= 11 is 1.74. The molecule has 0 N–H and O–H groups in total. The average molecular weight is 286 g/mol. The van der Waals surface area contributed by atoms with E-state index in [1.807, 2.05) is 23.1 Å². The molecule has 0 aliphatic carbocycles. The van der Waals surface area contributed by atoms with E-state index >= 15 is 0 Å². The first-order chi connectivity index (χ1) is 9.74. The predicted octanol–water partition coefficient (Wildman–Crippen LogP) is 3.28. The highest BCUT2D eigenvalue weighted by Gasteiger charge is 2.20. The van der Waals surface area contributed by atoms with E-state index in [9.17, 15) is 4.79 Å². The van der Waals surface area contributed by atoms with Gasteiger partial charge in [-0.1, -0.05) is 30.3 Å². The van der Waals surface area contributed by atoms with Gasteiger partial charge in [-0.15, -0.1) is 11.3 Å². The standard InChI is InChI=1S/C16H18N2OS/c1-12-16(13-6-3-2-4-7-13)17-14(20-12)9-11-18-10-5-8-15(18)19/h2-4,6-7H,5,8-11H2,1H3. The van der Waals surface area contributed by atoms with E-state index in [-0.39, 0.29) is 0 Å². The van der Waals surface area contributed by atoms with Crippen LogP contribution < -0.4 is 0 Å². The van der Waals surface area contributed by atoms with Gasteiger partial charge in [0.1, 0.15) is 0 Å². The molecule has 3 rings (SSSR count). The fourth-order valence-electron chi connectivity index (χ4n) is 2.59. The zero-order valence-corrected chi connectivity index (χ0v) is 12.4. The molecule has 2 aromatic rings. The molecule has 0 spiro atoms. The second kappa shape index (κ2) is 5.75. The number of likely N-dealkylation sites (tertiary alicyclic amines) is 1. The number of hydrogen-bond donors (Lipinski definition) is 0. The highest BCUT2D eigenvalue weighted by Crippen LogP contribution is 2.27. The maximum absolute atomic E-state index is 11.6. The summed E-state index contributed by atoms with van der Waals surface area (Å²) in [6.45, 7) is 3.83. The Morgan fingerprint density at radius 1 is 1.30 bits per heavy atom. The van der Waals surface area contributed by atoms with Crippen LogP contribution in [0.5, 0.6) is 0 Å². The zero-order valence-electron chi connectivity index (χ0n) is 11.6. The minimum absolute atomic E-state index is 0.293. The number of carbonyl (C=O) groups excluding carboxylic acids is 1. The molecule has 2 heterocycles. The first-order valence-electron chi connectivity index (χ1n) is 7.03. The van der Waals surface area contributed by atoms with Crippen molar-refractivity contribution in [3.05, 3.63) is 40.2 Å². The maximum Gasteiger partial charge on any atom is 0.222 e. The predicted molar refractivity (Wildman–Crippen MR) is 81.8 cm³/mol. The van der Waals surface area contributed by atoms with Crippen LogP contribution >= 0.6 is 11.3 Å². The van der Waals surface area contributed by atoms with E-state index in [0.717, 1.165) is 36.6 Å². The second-order valence-corrected chi connectivity index (χ2v) is 6.40. The Morgan fingerprint density at radius 3 is 2.80 bits per heavy atom. The van der Waals surface area contributed by atoms with Crippen molar-refractivity contribution in [1.29, 1.82) is 0 Å². The highest BCUT2D eigenvalue weighted by atomic mass is 32.1. The number of nitrogens with zero attached hydrogens (tertiary/aromatic N) is 2. The van der Waals surface area contributed by atoms with Crippen molar-refractivity contribution >= 4 is 17.2 Å². The smallest absolute Gasteiger partial charge is 0.222 e. The normalized spacial score (nSPS) is 15.1. The van der Waals surface area contributed by atoms with Gasteiger partial charge >= 0.3 is 0 Å². The number of hydrogen-bond acceptors (Lipinski definition) is 3. The molecule has 0 atom stereocenters. The third-order valence-corrected chi connectivity index (χ3v) is 4.69. The summed E-state index contributed by atoms with van der Waals surface area (Å²) in [7, 11) is 0. The minimum atomic E-state index is 0.293. The Balaban J connectivity index is 1.71. The summed E-state index contributed by atoms with van der Waals surface area (Å²) < 4.78 is 0. The van der Waals surface area contributed by atoms with Crippen molar-refractivity contribution in [3.8, 4) is 11.3 Å². The fraction of sp³-hybridized carbons (Fsp3) is 0.375. The van der Waals surface area contributed by atoms with Crippen molar-refractivity contribution < 1.29 is 4.79 Å². The lowest BCUT2D eigenvalue weighted by molar-refractivity contribution is -0.127. The molecule has 0 bridgehead atoms. The summed E-state index contributed by atoms with van der Waals surface area (Å²) in [4.78, 5) is 19.6. The van der Waals surface area contributed by atoms with Gasteiger partial charge in [0.2, 0.25) is 5.91 Å². The summed E-state index contributed by atoms with van der Waals surface area (Å²) in [6.07, 6.45) is 2.58. The Hall–Kier alpha value is -1.68. The molecule has 0 radical (unpaired) electrons. The number of aromatic nitrogens is 1. The molecule has 104 valence electrons. The molecule has 0 unspecified atom stereocenters. The maximum atomic E-state index is 11.6. The molecule has 0 saturated carbocycles. The van der Waals surface area contributed by atoms with Crippen molar-refractivity contribution in [2.45, 2.75) is 26.2 Å². The number of aryl methyl sites for hydroxylation is 1. The lowest BCUT2D eigenvalue weighted by Gasteiger charge is -2.13. The van der Waals surface area contributed by atoms with E-state index < -0.39 is 0 Å². The van der Waals surface area contributed by atoms with Crippen molar-refractivity contribution in [2.75, 3.05) is 13.1 Å². The number of benzene rings is 1. The fourth-order valence-corrected chi connectivity index (χ4v) is 3.54. The number of carbonyl (C=O) groups is 1. The van der Waals surface area contributed by atoms with Crippen LogP contribution in [0.1, 0.15) is 22.7 Å². The quantitative estimate of drug-likeness (QED) is 0.864. The van der Waals surface area contributed by atoms with Gasteiger partial charge in [-0.3, -0.25) is 4.79 Å². The van der Waals surface area contributed by atoms with Crippen LogP contribution in [0, 0.1) is 6.92 Å². The molecular formula is C16H18N2OS. The van der Waals surface area contributed by atoms with Gasteiger partial charge in [-0.25, -0.2) is 4.98 Å². The van der Waals surface area contributed by atoms with Crippen LogP contribution in [0.2, 0.25) is 0 Å². The monoisotopic (exact) mass is 286 g/mol. The highest BCUT2D eigenvalue weighted by molar-refractivity contribution is 7.12.